The number of carbonyl (C=O) groups is 3. The maximum absolute atomic E-state index is 12.9. The molecule has 1 fully saturated rings. The van der Waals surface area contributed by atoms with Crippen LogP contribution in [0, 0.1) is 28.6 Å². The largest absolute Gasteiger partial charge is 0.326 e. The lowest BCUT2D eigenvalue weighted by Gasteiger charge is -2.30. The molecule has 6 nitrogen and oxygen atoms in total. The van der Waals surface area contributed by atoms with E-state index in [4.69, 9.17) is 0 Å². The minimum absolute atomic E-state index is 0.000369. The molecule has 2 rings (SSSR count). The van der Waals surface area contributed by atoms with Crippen molar-refractivity contribution in [2.45, 2.75) is 81.1 Å². The van der Waals surface area contributed by atoms with E-state index in [0.29, 0.717) is 28.9 Å². The summed E-state index contributed by atoms with van der Waals surface area (Å²) in [5.41, 5.74) is 0.509. The summed E-state index contributed by atoms with van der Waals surface area (Å²) in [5.74, 6) is 1.05. The molecule has 6 heteroatoms. The van der Waals surface area contributed by atoms with Crippen LogP contribution in [-0.2, 0) is 14.4 Å². The van der Waals surface area contributed by atoms with Crippen molar-refractivity contribution >= 4 is 34.8 Å². The minimum atomic E-state index is -0.566. The molecule has 3 amide bonds. The second-order valence-corrected chi connectivity index (χ2v) is 11.6. The van der Waals surface area contributed by atoms with Gasteiger partial charge in [0.2, 0.25) is 17.7 Å². The Balaban J connectivity index is 2.21. The highest BCUT2D eigenvalue weighted by Crippen LogP contribution is 2.34. The smallest absolute Gasteiger partial charge is 0.229 e. The molecule has 0 atom stereocenters. The second-order valence-electron chi connectivity index (χ2n) is 11.6. The van der Waals surface area contributed by atoms with E-state index < -0.39 is 10.8 Å². The van der Waals surface area contributed by atoms with Crippen molar-refractivity contribution in [3.8, 4) is 0 Å². The molecule has 1 aliphatic rings. The molecule has 0 radical (unpaired) electrons. The highest BCUT2D eigenvalue weighted by Gasteiger charge is 2.28. The molecule has 1 aromatic carbocycles. The Morgan fingerprint density at radius 1 is 0.719 bits per heavy atom. The number of anilines is 3. The first-order chi connectivity index (χ1) is 14.7. The number of benzene rings is 1. The number of hydrogen-bond donors (Lipinski definition) is 3. The van der Waals surface area contributed by atoms with Crippen molar-refractivity contribution in [1.82, 2.24) is 0 Å². The van der Waals surface area contributed by atoms with Crippen LogP contribution < -0.4 is 16.0 Å². The summed E-state index contributed by atoms with van der Waals surface area (Å²) in [6, 6.07) is 5.21. The Morgan fingerprint density at radius 3 is 1.44 bits per heavy atom. The first-order valence-electron chi connectivity index (χ1n) is 11.8. The number of hydrogen-bond acceptors (Lipinski definition) is 3. The Labute approximate surface area is 193 Å². The van der Waals surface area contributed by atoms with Crippen LogP contribution in [0.5, 0.6) is 0 Å². The average molecular weight is 444 g/mol. The van der Waals surface area contributed by atoms with Gasteiger partial charge < -0.3 is 16.0 Å². The van der Waals surface area contributed by atoms with Crippen molar-refractivity contribution in [3.63, 3.8) is 0 Å². The monoisotopic (exact) mass is 443 g/mol. The number of rotatable bonds is 5. The molecule has 0 unspecified atom stereocenters. The molecule has 0 saturated heterocycles. The molecular formula is C26H41N3O3. The van der Waals surface area contributed by atoms with Gasteiger partial charge in [0.15, 0.2) is 0 Å². The van der Waals surface area contributed by atoms with Crippen LogP contribution in [-0.4, -0.2) is 17.7 Å². The fraction of sp³-hybridized carbons (Fsp3) is 0.654. The van der Waals surface area contributed by atoms with E-state index in [1.807, 2.05) is 41.5 Å². The van der Waals surface area contributed by atoms with Gasteiger partial charge in [-0.1, -0.05) is 55.4 Å². The number of nitrogens with one attached hydrogen (secondary N) is 3. The van der Waals surface area contributed by atoms with Crippen LogP contribution in [0.2, 0.25) is 0 Å². The molecule has 3 N–H and O–H groups in total. The van der Waals surface area contributed by atoms with E-state index in [1.54, 1.807) is 18.2 Å². The summed E-state index contributed by atoms with van der Waals surface area (Å²) >= 11 is 0. The molecule has 1 aliphatic carbocycles. The topological polar surface area (TPSA) is 87.3 Å². The molecular weight excluding hydrogens is 402 g/mol. The fourth-order valence-corrected chi connectivity index (χ4v) is 3.77. The van der Waals surface area contributed by atoms with E-state index in [9.17, 15) is 14.4 Å². The van der Waals surface area contributed by atoms with Crippen LogP contribution in [0.3, 0.4) is 0 Å². The Kier molecular flexibility index (Phi) is 8.13. The second kappa shape index (κ2) is 10.1. The third kappa shape index (κ3) is 7.35. The van der Waals surface area contributed by atoms with Crippen LogP contribution >= 0.6 is 0 Å². The van der Waals surface area contributed by atoms with Gasteiger partial charge in [0.05, 0.1) is 0 Å². The molecule has 1 aromatic rings. The van der Waals surface area contributed by atoms with Gasteiger partial charge in [0.1, 0.15) is 0 Å². The molecule has 0 aromatic heterocycles. The van der Waals surface area contributed by atoms with E-state index in [2.05, 4.69) is 29.8 Å². The fourth-order valence-electron chi connectivity index (χ4n) is 3.77. The number of carbonyl (C=O) groups excluding carboxylic acids is 3. The van der Waals surface area contributed by atoms with Gasteiger partial charge in [-0.2, -0.15) is 0 Å². The maximum Gasteiger partial charge on any atom is 0.229 e. The summed E-state index contributed by atoms with van der Waals surface area (Å²) in [5, 5.41) is 8.83. The average Bonchev–Trinajstić information content (AvgIpc) is 2.66. The van der Waals surface area contributed by atoms with Crippen LogP contribution in [0.15, 0.2) is 18.2 Å². The first kappa shape index (κ1) is 25.9. The van der Waals surface area contributed by atoms with Gasteiger partial charge in [0, 0.05) is 33.8 Å². The van der Waals surface area contributed by atoms with Gasteiger partial charge in [-0.15, -0.1) is 0 Å². The molecule has 32 heavy (non-hydrogen) atoms. The van der Waals surface area contributed by atoms with Crippen LogP contribution in [0.1, 0.15) is 81.1 Å². The molecule has 0 aliphatic heterocycles. The Morgan fingerprint density at radius 2 is 1.09 bits per heavy atom. The van der Waals surface area contributed by atoms with Crippen molar-refractivity contribution in [1.29, 1.82) is 0 Å². The summed E-state index contributed by atoms with van der Waals surface area (Å²) < 4.78 is 0. The quantitative estimate of drug-likeness (QED) is 0.517. The van der Waals surface area contributed by atoms with E-state index in [1.165, 1.54) is 0 Å². The van der Waals surface area contributed by atoms with Crippen LogP contribution in [0.4, 0.5) is 17.1 Å². The standard InChI is InChI=1S/C26H41N3O3/c1-16(2)17-9-11-18(12-10-17)22(30)27-19-13-20(28-23(31)25(3,4)5)15-21(14-19)29-24(32)26(6,7)8/h13-18H,9-12H2,1-8H3,(H,27,30)(H,28,31)(H,29,32). The first-order valence-corrected chi connectivity index (χ1v) is 11.8. The molecule has 0 spiro atoms. The highest BCUT2D eigenvalue weighted by molar-refractivity contribution is 6.00. The molecule has 0 bridgehead atoms. The molecule has 0 heterocycles. The summed E-state index contributed by atoms with van der Waals surface area (Å²) in [7, 11) is 0. The predicted octanol–water partition coefficient (Wildman–Crippen LogP) is 6.06. The zero-order chi connectivity index (χ0) is 24.3. The third-order valence-electron chi connectivity index (χ3n) is 6.16. The zero-order valence-corrected chi connectivity index (χ0v) is 21.0. The van der Waals surface area contributed by atoms with Crippen LogP contribution in [0.25, 0.3) is 0 Å². The normalized spacial score (nSPS) is 19.4. The summed E-state index contributed by atoms with van der Waals surface area (Å²) in [6.45, 7) is 15.5. The lowest BCUT2D eigenvalue weighted by Crippen LogP contribution is -2.30. The third-order valence-corrected chi connectivity index (χ3v) is 6.16. The van der Waals surface area contributed by atoms with Crippen molar-refractivity contribution in [2.24, 2.45) is 28.6 Å². The van der Waals surface area contributed by atoms with E-state index in [0.717, 1.165) is 25.7 Å². The van der Waals surface area contributed by atoms with Gasteiger partial charge in [-0.3, -0.25) is 14.4 Å². The number of amides is 3. The summed E-state index contributed by atoms with van der Waals surface area (Å²) in [4.78, 5) is 38.0. The van der Waals surface area contributed by atoms with Crippen molar-refractivity contribution in [3.05, 3.63) is 18.2 Å². The van der Waals surface area contributed by atoms with Crippen molar-refractivity contribution < 1.29 is 14.4 Å². The van der Waals surface area contributed by atoms with Gasteiger partial charge in [-0.25, -0.2) is 0 Å². The Hall–Kier alpha value is -2.37. The minimum Gasteiger partial charge on any atom is -0.326 e. The van der Waals surface area contributed by atoms with Gasteiger partial charge in [-0.05, 0) is 55.7 Å². The Bertz CT molecular complexity index is 793. The van der Waals surface area contributed by atoms with Gasteiger partial charge in [0.25, 0.3) is 0 Å². The van der Waals surface area contributed by atoms with Gasteiger partial charge >= 0.3 is 0 Å². The van der Waals surface area contributed by atoms with E-state index in [-0.39, 0.29) is 23.6 Å². The highest BCUT2D eigenvalue weighted by atomic mass is 16.2. The molecule has 178 valence electrons. The van der Waals surface area contributed by atoms with Crippen molar-refractivity contribution in [2.75, 3.05) is 16.0 Å². The summed E-state index contributed by atoms with van der Waals surface area (Å²) in [6.07, 6.45) is 3.93. The molecule has 1 saturated carbocycles. The lowest BCUT2D eigenvalue weighted by molar-refractivity contribution is -0.123. The lowest BCUT2D eigenvalue weighted by atomic mass is 9.76. The predicted molar refractivity (Wildman–Crippen MR) is 132 cm³/mol. The van der Waals surface area contributed by atoms with E-state index >= 15 is 0 Å². The SMILES string of the molecule is CC(C)C1CCC(C(=O)Nc2cc(NC(=O)C(C)(C)C)cc(NC(=O)C(C)(C)C)c2)CC1. The zero-order valence-electron chi connectivity index (χ0n) is 21.0. The maximum atomic E-state index is 12.9.